The van der Waals surface area contributed by atoms with Crippen molar-refractivity contribution in [2.24, 2.45) is 11.8 Å². The van der Waals surface area contributed by atoms with Crippen LogP contribution in [0.2, 0.25) is 0 Å². The number of carbonyl (C=O) groups is 2. The van der Waals surface area contributed by atoms with Crippen LogP contribution in [-0.2, 0) is 19.1 Å². The van der Waals surface area contributed by atoms with E-state index in [1.807, 2.05) is 41.5 Å². The molecule has 1 saturated heterocycles. The molecule has 0 aliphatic carbocycles. The van der Waals surface area contributed by atoms with Crippen molar-refractivity contribution in [3.63, 3.8) is 0 Å². The molecule has 0 aromatic rings. The van der Waals surface area contributed by atoms with Crippen LogP contribution in [0.25, 0.3) is 0 Å². The lowest BCUT2D eigenvalue weighted by Crippen LogP contribution is -2.50. The van der Waals surface area contributed by atoms with Gasteiger partial charge in [0, 0.05) is 6.61 Å². The van der Waals surface area contributed by atoms with E-state index < -0.39 is 11.6 Å². The summed E-state index contributed by atoms with van der Waals surface area (Å²) < 4.78 is 10.9. The fourth-order valence-electron chi connectivity index (χ4n) is 2.47. The van der Waals surface area contributed by atoms with Crippen LogP contribution in [0, 0.1) is 11.8 Å². The van der Waals surface area contributed by atoms with Gasteiger partial charge in [0.05, 0.1) is 12.0 Å². The van der Waals surface area contributed by atoms with Crippen LogP contribution >= 0.6 is 0 Å². The zero-order chi connectivity index (χ0) is 16.2. The van der Waals surface area contributed by atoms with E-state index in [0.717, 1.165) is 6.42 Å². The smallest absolute Gasteiger partial charge is 0.329 e. The summed E-state index contributed by atoms with van der Waals surface area (Å²) in [7, 11) is 0. The van der Waals surface area contributed by atoms with Gasteiger partial charge in [0.15, 0.2) is 0 Å². The lowest BCUT2D eigenvalue weighted by atomic mass is 9.96. The summed E-state index contributed by atoms with van der Waals surface area (Å²) in [6, 6.07) is -0.616. The van der Waals surface area contributed by atoms with E-state index in [1.165, 1.54) is 0 Å². The number of rotatable bonds is 5. The number of amides is 1. The fourth-order valence-corrected chi connectivity index (χ4v) is 2.47. The molecule has 0 spiro atoms. The Balaban J connectivity index is 2.70. The maximum absolute atomic E-state index is 12.4. The highest BCUT2D eigenvalue weighted by atomic mass is 16.6. The Morgan fingerprint density at radius 2 is 1.95 bits per heavy atom. The average molecular weight is 299 g/mol. The van der Waals surface area contributed by atoms with E-state index in [-0.39, 0.29) is 29.8 Å². The van der Waals surface area contributed by atoms with Crippen LogP contribution < -0.4 is 5.32 Å². The lowest BCUT2D eigenvalue weighted by Gasteiger charge is -2.28. The first kappa shape index (κ1) is 18.0. The van der Waals surface area contributed by atoms with Gasteiger partial charge in [-0.2, -0.15) is 0 Å². The van der Waals surface area contributed by atoms with Gasteiger partial charge in [0.25, 0.3) is 0 Å². The van der Waals surface area contributed by atoms with E-state index in [2.05, 4.69) is 5.32 Å². The van der Waals surface area contributed by atoms with Gasteiger partial charge >= 0.3 is 5.97 Å². The van der Waals surface area contributed by atoms with Crippen LogP contribution in [0.4, 0.5) is 0 Å². The molecule has 0 radical (unpaired) electrons. The third-order valence-electron chi connectivity index (χ3n) is 3.57. The Morgan fingerprint density at radius 3 is 2.43 bits per heavy atom. The number of esters is 1. The van der Waals surface area contributed by atoms with E-state index in [0.29, 0.717) is 13.0 Å². The van der Waals surface area contributed by atoms with Crippen LogP contribution in [0.3, 0.4) is 0 Å². The van der Waals surface area contributed by atoms with Crippen molar-refractivity contribution in [3.8, 4) is 0 Å². The molecule has 1 aliphatic rings. The van der Waals surface area contributed by atoms with Crippen LogP contribution in [0.5, 0.6) is 0 Å². The minimum atomic E-state index is -0.616. The fraction of sp³-hybridized carbons (Fsp3) is 0.875. The predicted molar refractivity (Wildman–Crippen MR) is 80.8 cm³/mol. The molecule has 3 atom stereocenters. The molecule has 1 heterocycles. The van der Waals surface area contributed by atoms with Crippen molar-refractivity contribution < 1.29 is 19.1 Å². The number of carbonyl (C=O) groups excluding carboxylic acids is 2. The summed E-state index contributed by atoms with van der Waals surface area (Å²) in [6.07, 6.45) is 1.47. The second kappa shape index (κ2) is 7.25. The predicted octanol–water partition coefficient (Wildman–Crippen LogP) is 2.28. The largest absolute Gasteiger partial charge is 0.458 e. The van der Waals surface area contributed by atoms with Crippen LogP contribution in [0.15, 0.2) is 0 Å². The molecule has 1 aliphatic heterocycles. The van der Waals surface area contributed by atoms with E-state index >= 15 is 0 Å². The number of hydrogen-bond donors (Lipinski definition) is 1. The topological polar surface area (TPSA) is 64.6 Å². The second-order valence-corrected chi connectivity index (χ2v) is 6.98. The number of ether oxygens (including phenoxy) is 2. The Morgan fingerprint density at radius 1 is 1.33 bits per heavy atom. The Kier molecular flexibility index (Phi) is 6.20. The van der Waals surface area contributed by atoms with Gasteiger partial charge in [-0.1, -0.05) is 20.8 Å². The summed E-state index contributed by atoms with van der Waals surface area (Å²) in [5.74, 6) is -0.674. The monoisotopic (exact) mass is 299 g/mol. The molecule has 1 N–H and O–H groups in total. The molecule has 1 amide bonds. The number of nitrogens with one attached hydrogen (secondary N) is 1. The van der Waals surface area contributed by atoms with Gasteiger partial charge in [0.2, 0.25) is 5.91 Å². The molecule has 0 saturated carbocycles. The molecular weight excluding hydrogens is 270 g/mol. The molecule has 0 aromatic heterocycles. The highest BCUT2D eigenvalue weighted by Crippen LogP contribution is 2.24. The summed E-state index contributed by atoms with van der Waals surface area (Å²) >= 11 is 0. The molecule has 0 bridgehead atoms. The molecule has 1 rings (SSSR count). The summed E-state index contributed by atoms with van der Waals surface area (Å²) in [5.41, 5.74) is -0.558. The molecule has 1 fully saturated rings. The highest BCUT2D eigenvalue weighted by Gasteiger charge is 2.36. The second-order valence-electron chi connectivity index (χ2n) is 6.98. The quantitative estimate of drug-likeness (QED) is 0.791. The van der Waals surface area contributed by atoms with Crippen LogP contribution in [0.1, 0.15) is 54.4 Å². The average Bonchev–Trinajstić information content (AvgIpc) is 2.81. The van der Waals surface area contributed by atoms with Gasteiger partial charge in [-0.25, -0.2) is 4.79 Å². The van der Waals surface area contributed by atoms with Gasteiger partial charge in [0.1, 0.15) is 11.6 Å². The van der Waals surface area contributed by atoms with Gasteiger partial charge in [-0.05, 0) is 39.5 Å². The molecule has 5 nitrogen and oxygen atoms in total. The first-order valence-corrected chi connectivity index (χ1v) is 7.80. The highest BCUT2D eigenvalue weighted by molar-refractivity contribution is 5.86. The molecule has 0 aromatic carbocycles. The van der Waals surface area contributed by atoms with Crippen LogP contribution in [-0.4, -0.2) is 36.2 Å². The Labute approximate surface area is 127 Å². The van der Waals surface area contributed by atoms with Crippen molar-refractivity contribution >= 4 is 11.9 Å². The molecule has 21 heavy (non-hydrogen) atoms. The Bertz CT molecular complexity index is 373. The Hall–Kier alpha value is -1.10. The minimum Gasteiger partial charge on any atom is -0.458 e. The first-order chi connectivity index (χ1) is 9.65. The first-order valence-electron chi connectivity index (χ1n) is 7.80. The maximum atomic E-state index is 12.4. The van der Waals surface area contributed by atoms with Crippen molar-refractivity contribution in [3.05, 3.63) is 0 Å². The van der Waals surface area contributed by atoms with Crippen molar-refractivity contribution in [2.75, 3.05) is 6.61 Å². The van der Waals surface area contributed by atoms with Crippen molar-refractivity contribution in [1.82, 2.24) is 5.32 Å². The minimum absolute atomic E-state index is 0.0220. The van der Waals surface area contributed by atoms with Gasteiger partial charge < -0.3 is 14.8 Å². The molecule has 122 valence electrons. The van der Waals surface area contributed by atoms with Gasteiger partial charge in [-0.3, -0.25) is 4.79 Å². The summed E-state index contributed by atoms with van der Waals surface area (Å²) in [4.78, 5) is 24.6. The van der Waals surface area contributed by atoms with Crippen molar-refractivity contribution in [1.29, 1.82) is 0 Å². The zero-order valence-corrected chi connectivity index (χ0v) is 14.1. The third-order valence-corrected chi connectivity index (χ3v) is 3.57. The SMILES string of the molecule is CCC1OCCC1C(=O)N[C@H](C(=O)OC(C)(C)C)C(C)C. The maximum Gasteiger partial charge on any atom is 0.329 e. The molecule has 2 unspecified atom stereocenters. The van der Waals surface area contributed by atoms with E-state index in [4.69, 9.17) is 9.47 Å². The number of hydrogen-bond acceptors (Lipinski definition) is 4. The third kappa shape index (κ3) is 5.30. The summed E-state index contributed by atoms with van der Waals surface area (Å²) in [6.45, 7) is 11.9. The van der Waals surface area contributed by atoms with Crippen molar-refractivity contribution in [2.45, 2.75) is 72.1 Å². The molecular formula is C16H29NO4. The van der Waals surface area contributed by atoms with Gasteiger partial charge in [-0.15, -0.1) is 0 Å². The van der Waals surface area contributed by atoms with E-state index in [9.17, 15) is 9.59 Å². The van der Waals surface area contributed by atoms with E-state index in [1.54, 1.807) is 0 Å². The molecule has 5 heteroatoms. The standard InChI is InChI=1S/C16H29NO4/c1-7-12-11(8-9-20-12)14(18)17-13(10(2)3)15(19)21-16(4,5)6/h10-13H,7-9H2,1-6H3,(H,17,18)/t11?,12?,13-/m0/s1. The summed E-state index contributed by atoms with van der Waals surface area (Å²) in [5, 5.41) is 2.85. The zero-order valence-electron chi connectivity index (χ0n) is 14.1. The lowest BCUT2D eigenvalue weighted by molar-refractivity contribution is -0.160. The normalized spacial score (nSPS) is 24.0.